The van der Waals surface area contributed by atoms with Crippen LogP contribution in [0, 0.1) is 6.92 Å². The zero-order chi connectivity index (χ0) is 17.4. The third-order valence-electron chi connectivity index (χ3n) is 3.76. The monoisotopic (exact) mass is 327 g/mol. The van der Waals surface area contributed by atoms with Gasteiger partial charge in [-0.3, -0.25) is 0 Å². The number of oxime groups is 1. The zero-order valence-electron chi connectivity index (χ0n) is 14.5. The molecular weight excluding hydrogens is 302 g/mol. The lowest BCUT2D eigenvalue weighted by molar-refractivity contribution is 0.0288. The zero-order valence-corrected chi connectivity index (χ0v) is 14.5. The molecule has 0 aliphatic heterocycles. The van der Waals surface area contributed by atoms with Crippen molar-refractivity contribution in [1.82, 2.24) is 0 Å². The molecule has 1 unspecified atom stereocenters. The van der Waals surface area contributed by atoms with E-state index in [1.807, 2.05) is 56.3 Å². The lowest BCUT2D eigenvalue weighted by atomic mass is 9.97. The molecule has 0 spiro atoms. The lowest BCUT2D eigenvalue weighted by Crippen LogP contribution is -2.19. The van der Waals surface area contributed by atoms with Crippen molar-refractivity contribution in [2.75, 3.05) is 13.7 Å². The predicted molar refractivity (Wildman–Crippen MR) is 96.2 cm³/mol. The van der Waals surface area contributed by atoms with E-state index in [1.54, 1.807) is 0 Å². The lowest BCUT2D eigenvalue weighted by Gasteiger charge is -2.15. The first kappa shape index (κ1) is 18.2. The van der Waals surface area contributed by atoms with Crippen LogP contribution in [0.5, 0.6) is 0 Å². The SMILES string of the molecule is CO/N=C(/C)c1ccc(C)cc1CC(O)COCc1ccccc1. The average Bonchev–Trinajstić information content (AvgIpc) is 2.56. The predicted octanol–water partition coefficient (Wildman–Crippen LogP) is 3.49. The summed E-state index contributed by atoms with van der Waals surface area (Å²) in [5, 5.41) is 14.3. The van der Waals surface area contributed by atoms with E-state index >= 15 is 0 Å². The second-order valence-electron chi connectivity index (χ2n) is 5.88. The van der Waals surface area contributed by atoms with Crippen LogP contribution in [-0.4, -0.2) is 30.6 Å². The van der Waals surface area contributed by atoms with E-state index in [-0.39, 0.29) is 0 Å². The minimum atomic E-state index is -0.565. The highest BCUT2D eigenvalue weighted by atomic mass is 16.6. The summed E-state index contributed by atoms with van der Waals surface area (Å²) in [5.41, 5.74) is 5.08. The molecule has 0 heterocycles. The molecule has 0 radical (unpaired) electrons. The van der Waals surface area contributed by atoms with Crippen LogP contribution in [0.15, 0.2) is 53.7 Å². The fraction of sp³-hybridized carbons (Fsp3) is 0.350. The molecule has 0 saturated heterocycles. The van der Waals surface area contributed by atoms with Crippen LogP contribution in [0.4, 0.5) is 0 Å². The smallest absolute Gasteiger partial charge is 0.106 e. The van der Waals surface area contributed by atoms with Gasteiger partial charge in [-0.05, 0) is 25.0 Å². The largest absolute Gasteiger partial charge is 0.399 e. The molecule has 128 valence electrons. The van der Waals surface area contributed by atoms with Gasteiger partial charge in [0, 0.05) is 12.0 Å². The minimum absolute atomic E-state index is 0.294. The Morgan fingerprint density at radius 3 is 2.62 bits per heavy atom. The van der Waals surface area contributed by atoms with Crippen molar-refractivity contribution < 1.29 is 14.7 Å². The molecule has 2 aromatic rings. The van der Waals surface area contributed by atoms with Crippen LogP contribution < -0.4 is 0 Å². The van der Waals surface area contributed by atoms with Gasteiger partial charge in [0.25, 0.3) is 0 Å². The summed E-state index contributed by atoms with van der Waals surface area (Å²) in [6.07, 6.45) is -0.0489. The molecule has 1 atom stereocenters. The molecule has 1 N–H and O–H groups in total. The first-order chi connectivity index (χ1) is 11.6. The minimum Gasteiger partial charge on any atom is -0.399 e. The molecule has 0 amide bonds. The van der Waals surface area contributed by atoms with Crippen molar-refractivity contribution in [2.45, 2.75) is 33.0 Å². The van der Waals surface area contributed by atoms with Crippen molar-refractivity contribution in [3.8, 4) is 0 Å². The number of hydrogen-bond donors (Lipinski definition) is 1. The topological polar surface area (TPSA) is 51.0 Å². The number of aliphatic hydroxyl groups excluding tert-OH is 1. The molecule has 0 aliphatic carbocycles. The molecule has 0 aromatic heterocycles. The van der Waals surface area contributed by atoms with Crippen molar-refractivity contribution in [2.24, 2.45) is 5.16 Å². The van der Waals surface area contributed by atoms with Gasteiger partial charge in [-0.15, -0.1) is 0 Å². The number of nitrogens with zero attached hydrogens (tertiary/aromatic N) is 1. The normalized spacial score (nSPS) is 12.9. The van der Waals surface area contributed by atoms with E-state index in [1.165, 1.54) is 7.11 Å². The summed E-state index contributed by atoms with van der Waals surface area (Å²) < 4.78 is 5.63. The Morgan fingerprint density at radius 1 is 1.17 bits per heavy atom. The Balaban J connectivity index is 1.96. The van der Waals surface area contributed by atoms with Crippen LogP contribution >= 0.6 is 0 Å². The van der Waals surface area contributed by atoms with Crippen LogP contribution in [-0.2, 0) is 22.6 Å². The molecule has 0 aliphatic rings. The first-order valence-electron chi connectivity index (χ1n) is 8.07. The van der Waals surface area contributed by atoms with Gasteiger partial charge in [0.2, 0.25) is 0 Å². The molecule has 0 saturated carbocycles. The quantitative estimate of drug-likeness (QED) is 0.596. The highest BCUT2D eigenvalue weighted by molar-refractivity contribution is 5.99. The summed E-state index contributed by atoms with van der Waals surface area (Å²) in [5.74, 6) is 0. The molecule has 4 nitrogen and oxygen atoms in total. The molecule has 0 bridgehead atoms. The number of aliphatic hydroxyl groups is 1. The van der Waals surface area contributed by atoms with E-state index < -0.39 is 6.10 Å². The number of benzene rings is 2. The standard InChI is InChI=1S/C20H25NO3/c1-15-9-10-20(16(2)21-23-3)18(11-15)12-19(22)14-24-13-17-7-5-4-6-8-17/h4-11,19,22H,12-14H2,1-3H3/b21-16-. The van der Waals surface area contributed by atoms with Crippen molar-refractivity contribution >= 4 is 5.71 Å². The highest BCUT2D eigenvalue weighted by Crippen LogP contribution is 2.16. The maximum absolute atomic E-state index is 10.3. The third kappa shape index (κ3) is 5.48. The molecule has 24 heavy (non-hydrogen) atoms. The number of aryl methyl sites for hydroxylation is 1. The Labute approximate surface area is 143 Å². The molecule has 0 fully saturated rings. The summed E-state index contributed by atoms with van der Waals surface area (Å²) in [4.78, 5) is 4.86. The van der Waals surface area contributed by atoms with E-state index in [0.29, 0.717) is 19.6 Å². The Hall–Kier alpha value is -2.17. The fourth-order valence-corrected chi connectivity index (χ4v) is 2.63. The maximum Gasteiger partial charge on any atom is 0.106 e. The van der Waals surface area contributed by atoms with Crippen molar-refractivity contribution in [3.05, 3.63) is 70.8 Å². The van der Waals surface area contributed by atoms with Gasteiger partial charge < -0.3 is 14.7 Å². The Morgan fingerprint density at radius 2 is 1.92 bits per heavy atom. The van der Waals surface area contributed by atoms with E-state index in [9.17, 15) is 5.11 Å². The third-order valence-corrected chi connectivity index (χ3v) is 3.76. The molecule has 4 heteroatoms. The van der Waals surface area contributed by atoms with Crippen molar-refractivity contribution in [1.29, 1.82) is 0 Å². The van der Waals surface area contributed by atoms with Gasteiger partial charge in [-0.25, -0.2) is 0 Å². The summed E-state index contributed by atoms with van der Waals surface area (Å²) >= 11 is 0. The van der Waals surface area contributed by atoms with Gasteiger partial charge >= 0.3 is 0 Å². The Bertz CT molecular complexity index is 668. The van der Waals surface area contributed by atoms with Gasteiger partial charge in [0.05, 0.1) is 25.0 Å². The van der Waals surface area contributed by atoms with Crippen LogP contribution in [0.3, 0.4) is 0 Å². The molecule has 2 rings (SSSR count). The van der Waals surface area contributed by atoms with Gasteiger partial charge in [-0.1, -0.05) is 59.3 Å². The van der Waals surface area contributed by atoms with Crippen molar-refractivity contribution in [3.63, 3.8) is 0 Å². The summed E-state index contributed by atoms with van der Waals surface area (Å²) in [6, 6.07) is 16.1. The van der Waals surface area contributed by atoms with Crippen LogP contribution in [0.2, 0.25) is 0 Å². The van der Waals surface area contributed by atoms with Gasteiger partial charge in [0.15, 0.2) is 0 Å². The van der Waals surface area contributed by atoms with E-state index in [4.69, 9.17) is 9.57 Å². The first-order valence-corrected chi connectivity index (χ1v) is 8.07. The summed E-state index contributed by atoms with van der Waals surface area (Å²) in [7, 11) is 1.53. The number of rotatable bonds is 8. The Kier molecular flexibility index (Phi) is 6.97. The van der Waals surface area contributed by atoms with Gasteiger partial charge in [-0.2, -0.15) is 0 Å². The highest BCUT2D eigenvalue weighted by Gasteiger charge is 2.12. The number of ether oxygens (including phenoxy) is 1. The second kappa shape index (κ2) is 9.21. The van der Waals surface area contributed by atoms with E-state index in [0.717, 1.165) is 28.0 Å². The second-order valence-corrected chi connectivity index (χ2v) is 5.88. The summed E-state index contributed by atoms with van der Waals surface area (Å²) in [6.45, 7) is 4.73. The molecular formula is C20H25NO3. The van der Waals surface area contributed by atoms with Crippen LogP contribution in [0.1, 0.15) is 29.2 Å². The average molecular weight is 327 g/mol. The van der Waals surface area contributed by atoms with Crippen LogP contribution in [0.25, 0.3) is 0 Å². The molecule has 2 aromatic carbocycles. The number of hydrogen-bond acceptors (Lipinski definition) is 4. The maximum atomic E-state index is 10.3. The van der Waals surface area contributed by atoms with Gasteiger partial charge in [0.1, 0.15) is 7.11 Å². The van der Waals surface area contributed by atoms with E-state index in [2.05, 4.69) is 11.2 Å². The fourth-order valence-electron chi connectivity index (χ4n) is 2.63.